The molecule has 0 nitrogen and oxygen atoms in total. The van der Waals surface area contributed by atoms with E-state index in [0.717, 1.165) is 23.7 Å². The van der Waals surface area contributed by atoms with Crippen molar-refractivity contribution in [2.45, 2.75) is 104 Å². The summed E-state index contributed by atoms with van der Waals surface area (Å²) in [5, 5.41) is 0. The van der Waals surface area contributed by atoms with E-state index in [9.17, 15) is 0 Å². The van der Waals surface area contributed by atoms with Gasteiger partial charge in [-0.1, -0.05) is 58.8 Å². The Morgan fingerprint density at radius 1 is 0.458 bits per heavy atom. The molecule has 0 saturated heterocycles. The van der Waals surface area contributed by atoms with Crippen molar-refractivity contribution in [2.75, 3.05) is 0 Å². The summed E-state index contributed by atoms with van der Waals surface area (Å²) in [5.74, 6) is 9.32. The van der Waals surface area contributed by atoms with Crippen molar-refractivity contribution in [3.63, 3.8) is 0 Å². The van der Waals surface area contributed by atoms with E-state index in [1.807, 2.05) is 0 Å². The third-order valence-electron chi connectivity index (χ3n) is 8.20. The van der Waals surface area contributed by atoms with Gasteiger partial charge in [0.2, 0.25) is 0 Å². The molecular formula is C24H42. The summed E-state index contributed by atoms with van der Waals surface area (Å²) in [6, 6.07) is 0. The number of hydrogen-bond acceptors (Lipinski definition) is 0. The first kappa shape index (κ1) is 17.4. The van der Waals surface area contributed by atoms with Gasteiger partial charge in [0.05, 0.1) is 0 Å². The van der Waals surface area contributed by atoms with E-state index < -0.39 is 0 Å². The topological polar surface area (TPSA) is 0 Å². The third-order valence-corrected chi connectivity index (χ3v) is 8.20. The summed E-state index contributed by atoms with van der Waals surface area (Å²) in [4.78, 5) is 0. The van der Waals surface area contributed by atoms with E-state index >= 15 is 0 Å². The number of hydrogen-bond donors (Lipinski definition) is 0. The van der Waals surface area contributed by atoms with Crippen molar-refractivity contribution in [2.24, 2.45) is 47.3 Å². The molecule has 0 aromatic heterocycles. The molecular weight excluding hydrogens is 288 g/mol. The summed E-state index contributed by atoms with van der Waals surface area (Å²) >= 11 is 0. The molecule has 0 N–H and O–H groups in total. The lowest BCUT2D eigenvalue weighted by Gasteiger charge is -2.02. The molecule has 0 aromatic carbocycles. The Balaban J connectivity index is 1.03. The van der Waals surface area contributed by atoms with Crippen molar-refractivity contribution in [3.8, 4) is 0 Å². The van der Waals surface area contributed by atoms with Gasteiger partial charge in [-0.25, -0.2) is 0 Å². The highest BCUT2D eigenvalue weighted by atomic mass is 14.6. The highest BCUT2D eigenvalue weighted by molar-refractivity contribution is 5.00. The fraction of sp³-hybridized carbons (Fsp3) is 1.00. The van der Waals surface area contributed by atoms with Crippen LogP contribution in [-0.2, 0) is 0 Å². The Kier molecular flexibility index (Phi) is 5.59. The van der Waals surface area contributed by atoms with Crippen molar-refractivity contribution in [1.82, 2.24) is 0 Å². The van der Waals surface area contributed by atoms with Gasteiger partial charge in [0.15, 0.2) is 0 Å². The third kappa shape index (κ3) is 4.79. The zero-order valence-electron chi connectivity index (χ0n) is 16.5. The molecule has 4 aliphatic rings. The lowest BCUT2D eigenvalue weighted by atomic mass is 10.0. The molecule has 0 heteroatoms. The number of rotatable bonds is 13. The fourth-order valence-corrected chi connectivity index (χ4v) is 5.97. The maximum Gasteiger partial charge on any atom is -0.0380 e. The first-order valence-electron chi connectivity index (χ1n) is 11.8. The molecule has 4 fully saturated rings. The summed E-state index contributed by atoms with van der Waals surface area (Å²) in [5.41, 5.74) is 0. The summed E-state index contributed by atoms with van der Waals surface area (Å²) < 4.78 is 0. The Hall–Kier alpha value is 0. The average molecular weight is 331 g/mol. The minimum atomic E-state index is 1.15. The van der Waals surface area contributed by atoms with Crippen LogP contribution in [-0.4, -0.2) is 0 Å². The molecule has 0 radical (unpaired) electrons. The molecule has 0 aromatic rings. The first-order valence-corrected chi connectivity index (χ1v) is 11.8. The summed E-state index contributed by atoms with van der Waals surface area (Å²) in [6.45, 7) is 4.67. The second-order valence-electron chi connectivity index (χ2n) is 10.4. The van der Waals surface area contributed by atoms with Crippen molar-refractivity contribution in [3.05, 3.63) is 0 Å². The van der Waals surface area contributed by atoms with Gasteiger partial charge in [0, 0.05) is 0 Å². The average Bonchev–Trinajstić information content (AvgIpc) is 3.39. The van der Waals surface area contributed by atoms with E-state index in [0.29, 0.717) is 0 Å². The van der Waals surface area contributed by atoms with Gasteiger partial charge in [0.1, 0.15) is 0 Å². The van der Waals surface area contributed by atoms with Crippen LogP contribution in [0.25, 0.3) is 0 Å². The van der Waals surface area contributed by atoms with Gasteiger partial charge in [-0.15, -0.1) is 0 Å². The largest absolute Gasteiger partial charge is 0.0654 e. The molecule has 0 bridgehead atoms. The van der Waals surface area contributed by atoms with E-state index in [2.05, 4.69) is 13.8 Å². The molecule has 0 heterocycles. The van der Waals surface area contributed by atoms with Crippen LogP contribution in [0.1, 0.15) is 104 Å². The van der Waals surface area contributed by atoms with Crippen molar-refractivity contribution >= 4 is 0 Å². The van der Waals surface area contributed by atoms with E-state index in [-0.39, 0.29) is 0 Å². The van der Waals surface area contributed by atoms with Crippen molar-refractivity contribution < 1.29 is 0 Å². The van der Waals surface area contributed by atoms with Crippen LogP contribution in [0.2, 0.25) is 0 Å². The Bertz CT molecular complexity index is 399. The van der Waals surface area contributed by atoms with Crippen LogP contribution < -0.4 is 0 Å². The Morgan fingerprint density at radius 2 is 0.833 bits per heavy atom. The van der Waals surface area contributed by atoms with E-state index in [4.69, 9.17) is 0 Å². The Labute approximate surface area is 151 Å². The van der Waals surface area contributed by atoms with Gasteiger partial charge in [-0.05, 0) is 92.3 Å². The highest BCUT2D eigenvalue weighted by Crippen LogP contribution is 2.60. The minimum absolute atomic E-state index is 1.15. The predicted molar refractivity (Wildman–Crippen MR) is 104 cm³/mol. The van der Waals surface area contributed by atoms with Crippen LogP contribution in [0.4, 0.5) is 0 Å². The van der Waals surface area contributed by atoms with Gasteiger partial charge < -0.3 is 0 Å². The predicted octanol–water partition coefficient (Wildman–Crippen LogP) is 7.47. The molecule has 4 rings (SSSR count). The summed E-state index contributed by atoms with van der Waals surface area (Å²) in [6.07, 6.45) is 21.7. The molecule has 138 valence electrons. The smallest absolute Gasteiger partial charge is 0.0380 e. The van der Waals surface area contributed by atoms with Crippen LogP contribution in [0.5, 0.6) is 0 Å². The molecule has 4 saturated carbocycles. The number of unbranched alkanes of at least 4 members (excludes halogenated alkanes) is 3. The van der Waals surface area contributed by atoms with Crippen LogP contribution in [0.15, 0.2) is 0 Å². The van der Waals surface area contributed by atoms with Crippen molar-refractivity contribution in [1.29, 1.82) is 0 Å². The monoisotopic (exact) mass is 330 g/mol. The van der Waals surface area contributed by atoms with E-state index in [1.54, 1.807) is 57.8 Å². The molecule has 4 aliphatic carbocycles. The second-order valence-corrected chi connectivity index (χ2v) is 10.4. The zero-order valence-corrected chi connectivity index (χ0v) is 16.5. The standard InChI is InChI=1S/C24H42/c1-3-5-7-9-18-11-20(18)13-22-15-24(22)16-23-14-21(23)12-19-10-17(19)8-6-4-2/h17-24H,3-16H2,1-2H3. The maximum absolute atomic E-state index is 2.34. The maximum atomic E-state index is 2.34. The molecule has 0 aliphatic heterocycles. The van der Waals surface area contributed by atoms with Gasteiger partial charge in [-0.3, -0.25) is 0 Å². The SMILES string of the molecule is CCCCCC1CC1CC1CC1CC1CC1CC1CC1CCCC. The lowest BCUT2D eigenvalue weighted by Crippen LogP contribution is -1.93. The fourth-order valence-electron chi connectivity index (χ4n) is 5.97. The van der Waals surface area contributed by atoms with Crippen LogP contribution in [0.3, 0.4) is 0 Å². The minimum Gasteiger partial charge on any atom is -0.0654 e. The quantitative estimate of drug-likeness (QED) is 0.307. The normalized spacial score (nSPS) is 45.2. The molecule has 24 heavy (non-hydrogen) atoms. The lowest BCUT2D eigenvalue weighted by molar-refractivity contribution is 0.481. The van der Waals surface area contributed by atoms with E-state index in [1.165, 1.54) is 55.8 Å². The molecule has 0 amide bonds. The molecule has 0 spiro atoms. The molecule has 8 unspecified atom stereocenters. The first-order chi connectivity index (χ1) is 11.8. The Morgan fingerprint density at radius 3 is 1.29 bits per heavy atom. The second kappa shape index (κ2) is 7.71. The highest BCUT2D eigenvalue weighted by Gasteiger charge is 2.50. The van der Waals surface area contributed by atoms with Crippen LogP contribution in [0, 0.1) is 47.3 Å². The summed E-state index contributed by atoms with van der Waals surface area (Å²) in [7, 11) is 0. The van der Waals surface area contributed by atoms with Crippen LogP contribution >= 0.6 is 0 Å². The van der Waals surface area contributed by atoms with Gasteiger partial charge in [-0.2, -0.15) is 0 Å². The van der Waals surface area contributed by atoms with Gasteiger partial charge in [0.25, 0.3) is 0 Å². The molecule has 8 atom stereocenters. The van der Waals surface area contributed by atoms with Gasteiger partial charge >= 0.3 is 0 Å². The zero-order chi connectivity index (χ0) is 16.5.